The van der Waals surface area contributed by atoms with Crippen LogP contribution in [0, 0.1) is 17.0 Å². The highest BCUT2D eigenvalue weighted by molar-refractivity contribution is 8.03. The fourth-order valence-electron chi connectivity index (χ4n) is 1.48. The molecule has 0 aliphatic rings. The summed E-state index contributed by atoms with van der Waals surface area (Å²) in [7, 11) is 0. The van der Waals surface area contributed by atoms with Crippen molar-refractivity contribution in [3.63, 3.8) is 0 Å². The van der Waals surface area contributed by atoms with Crippen molar-refractivity contribution in [3.05, 3.63) is 47.3 Å². The highest BCUT2D eigenvalue weighted by Gasteiger charge is 2.10. The van der Waals surface area contributed by atoms with Crippen molar-refractivity contribution in [2.45, 2.75) is 12.7 Å². The summed E-state index contributed by atoms with van der Waals surface area (Å²) in [5.74, 6) is 3.18. The van der Waals surface area contributed by atoms with Gasteiger partial charge in [0.2, 0.25) is 0 Å². The van der Waals surface area contributed by atoms with Crippen LogP contribution in [-0.2, 0) is 5.75 Å². The molecule has 0 bridgehead atoms. The third kappa shape index (κ3) is 2.87. The maximum atomic E-state index is 12.9. The van der Waals surface area contributed by atoms with Gasteiger partial charge in [0.25, 0.3) is 0 Å². The predicted molar refractivity (Wildman–Crippen MR) is 73.3 cm³/mol. The molecule has 0 unspecified atom stereocenters. The molecule has 1 aromatic carbocycles. The van der Waals surface area contributed by atoms with Crippen LogP contribution in [0.3, 0.4) is 0 Å². The third-order valence-electron chi connectivity index (χ3n) is 2.30. The first kappa shape index (κ1) is 13.0. The minimum absolute atomic E-state index is 0.266. The van der Waals surface area contributed by atoms with Crippen LogP contribution in [0.1, 0.15) is 12.6 Å². The van der Waals surface area contributed by atoms with Crippen molar-refractivity contribution >= 4 is 23.4 Å². The molecular formula is C13H10ClFN2S. The van der Waals surface area contributed by atoms with E-state index < -0.39 is 0 Å². The number of imidazole rings is 1. The SMILES string of the molecule is CC#CSCc1c(Cl)ncn1-c1ccc(F)cc1. The lowest BCUT2D eigenvalue weighted by Crippen LogP contribution is -1.97. The summed E-state index contributed by atoms with van der Waals surface area (Å²) in [6.07, 6.45) is 1.63. The Morgan fingerprint density at radius 3 is 2.78 bits per heavy atom. The van der Waals surface area contributed by atoms with Gasteiger partial charge in [0, 0.05) is 11.4 Å². The molecular weight excluding hydrogens is 271 g/mol. The molecule has 1 aromatic heterocycles. The number of aromatic nitrogens is 2. The molecule has 0 saturated carbocycles. The molecule has 0 saturated heterocycles. The molecule has 5 heteroatoms. The second-order valence-corrected chi connectivity index (χ2v) is 4.61. The fourth-order valence-corrected chi connectivity index (χ4v) is 2.39. The summed E-state index contributed by atoms with van der Waals surface area (Å²) >= 11 is 7.49. The summed E-state index contributed by atoms with van der Waals surface area (Å²) in [5.41, 5.74) is 1.69. The molecule has 0 aliphatic heterocycles. The van der Waals surface area contributed by atoms with E-state index in [1.54, 1.807) is 25.4 Å². The number of rotatable bonds is 3. The van der Waals surface area contributed by atoms with Gasteiger partial charge in [-0.3, -0.25) is 0 Å². The van der Waals surface area contributed by atoms with Crippen molar-refractivity contribution in [1.29, 1.82) is 0 Å². The Morgan fingerprint density at radius 1 is 1.39 bits per heavy atom. The van der Waals surface area contributed by atoms with Crippen molar-refractivity contribution in [2.75, 3.05) is 0 Å². The molecule has 0 aliphatic carbocycles. The highest BCUT2D eigenvalue weighted by atomic mass is 35.5. The van der Waals surface area contributed by atoms with Gasteiger partial charge in [-0.05, 0) is 36.4 Å². The largest absolute Gasteiger partial charge is 0.301 e. The highest BCUT2D eigenvalue weighted by Crippen LogP contribution is 2.23. The normalized spacial score (nSPS) is 9.94. The van der Waals surface area contributed by atoms with E-state index in [1.807, 2.05) is 4.57 Å². The van der Waals surface area contributed by atoms with Gasteiger partial charge in [0.1, 0.15) is 12.1 Å². The van der Waals surface area contributed by atoms with Gasteiger partial charge in [-0.1, -0.05) is 29.3 Å². The van der Waals surface area contributed by atoms with Gasteiger partial charge >= 0.3 is 0 Å². The molecule has 0 N–H and O–H groups in total. The summed E-state index contributed by atoms with van der Waals surface area (Å²) < 4.78 is 14.7. The Morgan fingerprint density at radius 2 is 2.11 bits per heavy atom. The summed E-state index contributed by atoms with van der Waals surface area (Å²) in [6, 6.07) is 6.19. The molecule has 0 atom stereocenters. The third-order valence-corrected chi connectivity index (χ3v) is 3.39. The van der Waals surface area contributed by atoms with Crippen LogP contribution in [0.25, 0.3) is 5.69 Å². The van der Waals surface area contributed by atoms with Gasteiger partial charge in [-0.25, -0.2) is 9.37 Å². The van der Waals surface area contributed by atoms with Crippen LogP contribution >= 0.6 is 23.4 Å². The van der Waals surface area contributed by atoms with E-state index in [1.165, 1.54) is 23.9 Å². The Hall–Kier alpha value is -1.44. The van der Waals surface area contributed by atoms with Crippen LogP contribution in [0.4, 0.5) is 4.39 Å². The molecule has 92 valence electrons. The van der Waals surface area contributed by atoms with Crippen LogP contribution < -0.4 is 0 Å². The zero-order valence-corrected chi connectivity index (χ0v) is 11.2. The van der Waals surface area contributed by atoms with E-state index in [-0.39, 0.29) is 5.82 Å². The van der Waals surface area contributed by atoms with Crippen LogP contribution in [-0.4, -0.2) is 9.55 Å². The monoisotopic (exact) mass is 280 g/mol. The molecule has 2 rings (SSSR count). The van der Waals surface area contributed by atoms with Gasteiger partial charge in [-0.2, -0.15) is 0 Å². The average Bonchev–Trinajstić information content (AvgIpc) is 2.73. The first-order chi connectivity index (χ1) is 8.72. The van der Waals surface area contributed by atoms with Crippen LogP contribution in [0.5, 0.6) is 0 Å². The van der Waals surface area contributed by atoms with Gasteiger partial charge in [-0.15, -0.1) is 0 Å². The Balaban J connectivity index is 2.32. The number of halogens is 2. The predicted octanol–water partition coefficient (Wildman–Crippen LogP) is 3.88. The van der Waals surface area contributed by atoms with E-state index in [0.717, 1.165) is 11.4 Å². The maximum Gasteiger partial charge on any atom is 0.151 e. The van der Waals surface area contributed by atoms with E-state index in [2.05, 4.69) is 16.2 Å². The van der Waals surface area contributed by atoms with Crippen molar-refractivity contribution in [1.82, 2.24) is 9.55 Å². The Bertz CT molecular complexity index is 596. The summed E-state index contributed by atoms with van der Waals surface area (Å²) in [5, 5.41) is 3.36. The smallest absolute Gasteiger partial charge is 0.151 e. The molecule has 0 fully saturated rings. The Labute approximate surface area is 114 Å². The van der Waals surface area contributed by atoms with Crippen LogP contribution in [0.2, 0.25) is 5.15 Å². The number of benzene rings is 1. The van der Waals surface area contributed by atoms with Gasteiger partial charge in [0.05, 0.1) is 5.69 Å². The van der Waals surface area contributed by atoms with Crippen molar-refractivity contribution in [2.24, 2.45) is 0 Å². The molecule has 1 heterocycles. The number of hydrogen-bond donors (Lipinski definition) is 0. The van der Waals surface area contributed by atoms with Gasteiger partial charge in [0.15, 0.2) is 5.15 Å². The molecule has 0 radical (unpaired) electrons. The van der Waals surface area contributed by atoms with E-state index in [4.69, 9.17) is 11.6 Å². The first-order valence-corrected chi connectivity index (χ1v) is 6.60. The lowest BCUT2D eigenvalue weighted by atomic mass is 10.3. The van der Waals surface area contributed by atoms with Gasteiger partial charge < -0.3 is 4.57 Å². The second-order valence-electron chi connectivity index (χ2n) is 3.47. The molecule has 0 spiro atoms. The lowest BCUT2D eigenvalue weighted by Gasteiger charge is -2.06. The quantitative estimate of drug-likeness (QED) is 0.794. The first-order valence-electron chi connectivity index (χ1n) is 5.23. The summed E-state index contributed by atoms with van der Waals surface area (Å²) in [6.45, 7) is 1.78. The molecule has 18 heavy (non-hydrogen) atoms. The lowest BCUT2D eigenvalue weighted by molar-refractivity contribution is 0.627. The molecule has 2 nitrogen and oxygen atoms in total. The number of thioether (sulfide) groups is 1. The van der Waals surface area contributed by atoms with E-state index in [0.29, 0.717) is 10.9 Å². The minimum atomic E-state index is -0.266. The minimum Gasteiger partial charge on any atom is -0.301 e. The van der Waals surface area contributed by atoms with Crippen LogP contribution in [0.15, 0.2) is 30.6 Å². The molecule has 0 amide bonds. The topological polar surface area (TPSA) is 17.8 Å². The van der Waals surface area contributed by atoms with E-state index in [9.17, 15) is 4.39 Å². The van der Waals surface area contributed by atoms with Crippen molar-refractivity contribution in [3.8, 4) is 16.9 Å². The maximum absolute atomic E-state index is 12.9. The zero-order valence-electron chi connectivity index (χ0n) is 9.65. The number of nitrogens with zero attached hydrogens (tertiary/aromatic N) is 2. The Kier molecular flexibility index (Phi) is 4.29. The summed E-state index contributed by atoms with van der Waals surface area (Å²) in [4.78, 5) is 4.07. The fraction of sp³-hybridized carbons (Fsp3) is 0.154. The average molecular weight is 281 g/mol. The number of hydrogen-bond acceptors (Lipinski definition) is 2. The second kappa shape index (κ2) is 5.94. The standard InChI is InChI=1S/C13H10ClFN2S/c1-2-7-18-8-12-13(14)16-9-17(12)11-5-3-10(15)4-6-11/h3-6,9H,8H2,1H3. The van der Waals surface area contributed by atoms with Crippen molar-refractivity contribution < 1.29 is 4.39 Å². The van der Waals surface area contributed by atoms with E-state index >= 15 is 0 Å². The zero-order chi connectivity index (χ0) is 13.0. The molecule has 2 aromatic rings.